The molecule has 1 aromatic heterocycles. The van der Waals surface area contributed by atoms with Crippen molar-refractivity contribution in [1.29, 1.82) is 0 Å². The van der Waals surface area contributed by atoms with Crippen LogP contribution in [0.1, 0.15) is 42.1 Å². The van der Waals surface area contributed by atoms with Gasteiger partial charge in [0, 0.05) is 22.3 Å². The Kier molecular flexibility index (Phi) is 4.96. The third-order valence-corrected chi connectivity index (χ3v) is 3.70. The molecular weight excluding hydrogens is 218 g/mol. The number of aryl methyl sites for hydroxylation is 2. The van der Waals surface area contributed by atoms with E-state index in [4.69, 9.17) is 0 Å². The lowest BCUT2D eigenvalue weighted by molar-refractivity contribution is 0.181. The van der Waals surface area contributed by atoms with Crippen LogP contribution in [0.25, 0.3) is 0 Å². The van der Waals surface area contributed by atoms with Crippen LogP contribution < -0.4 is 5.32 Å². The van der Waals surface area contributed by atoms with Gasteiger partial charge >= 0.3 is 0 Å². The monoisotopic (exact) mass is 241 g/mol. The molecule has 1 unspecified atom stereocenters. The van der Waals surface area contributed by atoms with E-state index in [1.54, 1.807) is 0 Å². The molecule has 3 heteroatoms. The van der Waals surface area contributed by atoms with Crippen molar-refractivity contribution in [2.75, 3.05) is 6.54 Å². The number of aliphatic hydroxyl groups excluding tert-OH is 1. The molecule has 16 heavy (non-hydrogen) atoms. The third-order valence-electron chi connectivity index (χ3n) is 2.71. The highest BCUT2D eigenvalue weighted by molar-refractivity contribution is 7.12. The van der Waals surface area contributed by atoms with Crippen LogP contribution >= 0.6 is 11.3 Å². The zero-order chi connectivity index (χ0) is 12.3. The van der Waals surface area contributed by atoms with Crippen molar-refractivity contribution >= 4 is 11.3 Å². The Hall–Kier alpha value is -0.380. The number of aliphatic hydroxyl groups is 1. The summed E-state index contributed by atoms with van der Waals surface area (Å²) in [5, 5.41) is 12.8. The van der Waals surface area contributed by atoms with Gasteiger partial charge in [-0.25, -0.2) is 0 Å². The number of thiophene rings is 1. The molecular formula is C13H23NOS. The second kappa shape index (κ2) is 5.80. The van der Waals surface area contributed by atoms with E-state index in [2.05, 4.69) is 39.1 Å². The van der Waals surface area contributed by atoms with Crippen molar-refractivity contribution < 1.29 is 5.11 Å². The van der Waals surface area contributed by atoms with E-state index >= 15 is 0 Å². The molecule has 0 spiro atoms. The molecule has 0 radical (unpaired) electrons. The maximum atomic E-state index is 9.34. The zero-order valence-corrected chi connectivity index (χ0v) is 11.7. The first kappa shape index (κ1) is 13.7. The van der Waals surface area contributed by atoms with E-state index in [0.29, 0.717) is 18.5 Å². The van der Waals surface area contributed by atoms with Crippen LogP contribution in [0, 0.1) is 19.8 Å². The molecule has 92 valence electrons. The van der Waals surface area contributed by atoms with Gasteiger partial charge in [0.1, 0.15) is 0 Å². The van der Waals surface area contributed by atoms with Gasteiger partial charge in [-0.1, -0.05) is 13.8 Å². The molecule has 0 aliphatic rings. The maximum absolute atomic E-state index is 9.34. The van der Waals surface area contributed by atoms with Crippen LogP contribution in [0.15, 0.2) is 6.07 Å². The van der Waals surface area contributed by atoms with Crippen molar-refractivity contribution in [3.05, 3.63) is 21.4 Å². The van der Waals surface area contributed by atoms with E-state index in [0.717, 1.165) is 0 Å². The summed E-state index contributed by atoms with van der Waals surface area (Å²) in [5.41, 5.74) is 1.39. The lowest BCUT2D eigenvalue weighted by Gasteiger charge is -2.23. The third kappa shape index (κ3) is 3.58. The van der Waals surface area contributed by atoms with Gasteiger partial charge < -0.3 is 10.4 Å². The lowest BCUT2D eigenvalue weighted by atomic mass is 9.96. The molecule has 1 rings (SSSR count). The smallest absolute Gasteiger partial charge is 0.0636 e. The van der Waals surface area contributed by atoms with Crippen molar-refractivity contribution in [3.63, 3.8) is 0 Å². The van der Waals surface area contributed by atoms with Crippen LogP contribution in [0.2, 0.25) is 0 Å². The number of nitrogens with one attached hydrogen (secondary N) is 1. The summed E-state index contributed by atoms with van der Waals surface area (Å²) in [6.45, 7) is 11.2. The molecule has 0 bridgehead atoms. The Bertz CT molecular complexity index is 331. The van der Waals surface area contributed by atoms with Crippen LogP contribution in [-0.4, -0.2) is 17.8 Å². The minimum atomic E-state index is -0.290. The molecule has 0 aliphatic heterocycles. The molecule has 0 amide bonds. The summed E-state index contributed by atoms with van der Waals surface area (Å²) in [6, 6.07) is 2.61. The SMILES string of the molecule is Cc1cc(C(NC[C@@H](C)O)C(C)C)c(C)s1. The van der Waals surface area contributed by atoms with Gasteiger partial charge in [0.25, 0.3) is 0 Å². The van der Waals surface area contributed by atoms with Crippen LogP contribution in [0.3, 0.4) is 0 Å². The Labute approximate surface area is 103 Å². The summed E-state index contributed by atoms with van der Waals surface area (Å²) in [6.07, 6.45) is -0.290. The van der Waals surface area contributed by atoms with E-state index in [-0.39, 0.29) is 6.10 Å². The molecule has 2 nitrogen and oxygen atoms in total. The van der Waals surface area contributed by atoms with Gasteiger partial charge in [-0.2, -0.15) is 0 Å². The maximum Gasteiger partial charge on any atom is 0.0636 e. The Morgan fingerprint density at radius 2 is 1.94 bits per heavy atom. The first-order valence-electron chi connectivity index (χ1n) is 5.90. The molecule has 1 heterocycles. The Morgan fingerprint density at radius 1 is 1.31 bits per heavy atom. The number of rotatable bonds is 5. The highest BCUT2D eigenvalue weighted by Crippen LogP contribution is 2.30. The Morgan fingerprint density at radius 3 is 2.31 bits per heavy atom. The standard InChI is InChI=1S/C13H23NOS/c1-8(2)13(14-7-9(3)15)12-6-10(4)16-11(12)5/h6,8-9,13-15H,7H2,1-5H3/t9-,13?/m1/s1. The average Bonchev–Trinajstić information content (AvgIpc) is 2.45. The first-order chi connectivity index (χ1) is 7.41. The summed E-state index contributed by atoms with van der Waals surface area (Å²) in [4.78, 5) is 2.74. The average molecular weight is 241 g/mol. The second-order valence-electron chi connectivity index (χ2n) is 4.85. The normalized spacial score (nSPS) is 15.4. The molecule has 2 atom stereocenters. The minimum Gasteiger partial charge on any atom is -0.392 e. The fourth-order valence-electron chi connectivity index (χ4n) is 1.96. The largest absolute Gasteiger partial charge is 0.392 e. The zero-order valence-electron chi connectivity index (χ0n) is 10.9. The van der Waals surface area contributed by atoms with E-state index in [1.165, 1.54) is 15.3 Å². The van der Waals surface area contributed by atoms with Gasteiger partial charge in [0.05, 0.1) is 6.10 Å². The molecule has 0 fully saturated rings. The first-order valence-corrected chi connectivity index (χ1v) is 6.71. The summed E-state index contributed by atoms with van der Waals surface area (Å²) < 4.78 is 0. The van der Waals surface area contributed by atoms with E-state index in [9.17, 15) is 5.11 Å². The highest BCUT2D eigenvalue weighted by atomic mass is 32.1. The van der Waals surface area contributed by atoms with Gasteiger partial charge in [-0.3, -0.25) is 0 Å². The lowest BCUT2D eigenvalue weighted by Crippen LogP contribution is -2.31. The quantitative estimate of drug-likeness (QED) is 0.830. The number of hydrogen-bond acceptors (Lipinski definition) is 3. The molecule has 0 aromatic carbocycles. The molecule has 1 aromatic rings. The summed E-state index contributed by atoms with van der Waals surface area (Å²) in [5.74, 6) is 0.534. The fourth-order valence-corrected chi connectivity index (χ4v) is 2.93. The molecule has 0 saturated heterocycles. The van der Waals surface area contributed by atoms with Crippen molar-refractivity contribution in [3.8, 4) is 0 Å². The molecule has 2 N–H and O–H groups in total. The van der Waals surface area contributed by atoms with Crippen LogP contribution in [0.5, 0.6) is 0 Å². The highest BCUT2D eigenvalue weighted by Gasteiger charge is 2.19. The van der Waals surface area contributed by atoms with Crippen LogP contribution in [0.4, 0.5) is 0 Å². The minimum absolute atomic E-state index is 0.290. The van der Waals surface area contributed by atoms with Gasteiger partial charge in [-0.05, 0) is 38.3 Å². The van der Waals surface area contributed by atoms with Crippen molar-refractivity contribution in [1.82, 2.24) is 5.32 Å². The van der Waals surface area contributed by atoms with Gasteiger partial charge in [-0.15, -0.1) is 11.3 Å². The van der Waals surface area contributed by atoms with Gasteiger partial charge in [0.2, 0.25) is 0 Å². The van der Waals surface area contributed by atoms with Crippen molar-refractivity contribution in [2.24, 2.45) is 5.92 Å². The number of hydrogen-bond donors (Lipinski definition) is 2. The van der Waals surface area contributed by atoms with E-state index in [1.807, 2.05) is 18.3 Å². The van der Waals surface area contributed by atoms with Crippen LogP contribution in [-0.2, 0) is 0 Å². The molecule has 0 saturated carbocycles. The van der Waals surface area contributed by atoms with E-state index < -0.39 is 0 Å². The summed E-state index contributed by atoms with van der Waals surface area (Å²) >= 11 is 1.85. The fraction of sp³-hybridized carbons (Fsp3) is 0.692. The topological polar surface area (TPSA) is 32.3 Å². The van der Waals surface area contributed by atoms with Crippen molar-refractivity contribution in [2.45, 2.75) is 46.8 Å². The second-order valence-corrected chi connectivity index (χ2v) is 6.31. The summed E-state index contributed by atoms with van der Waals surface area (Å²) in [7, 11) is 0. The predicted octanol–water partition coefficient (Wildman–Crippen LogP) is 3.03. The molecule has 0 aliphatic carbocycles. The predicted molar refractivity (Wildman–Crippen MR) is 71.1 cm³/mol. The Balaban J connectivity index is 2.81. The van der Waals surface area contributed by atoms with Gasteiger partial charge in [0.15, 0.2) is 0 Å².